The molecule has 0 aliphatic heterocycles. The average molecular weight is 448 g/mol. The lowest BCUT2D eigenvalue weighted by atomic mass is 9.98. The van der Waals surface area contributed by atoms with Gasteiger partial charge in [-0.2, -0.15) is 0 Å². The van der Waals surface area contributed by atoms with E-state index in [0.717, 1.165) is 40.0 Å². The zero-order valence-electron chi connectivity index (χ0n) is 19.0. The smallest absolute Gasteiger partial charge is 0.220 e. The molecule has 7 aromatic rings. The number of rotatable bonds is 2. The minimum Gasteiger partial charge on any atom is -0.278 e. The third-order valence-corrected chi connectivity index (χ3v) is 7.35. The predicted octanol–water partition coefficient (Wildman–Crippen LogP) is 7.67. The van der Waals surface area contributed by atoms with Crippen LogP contribution in [0.5, 0.6) is 0 Å². The molecular formula is C32H21N3. The van der Waals surface area contributed by atoms with Crippen LogP contribution in [-0.2, 0) is 6.42 Å². The molecule has 2 heterocycles. The fourth-order valence-electron chi connectivity index (χ4n) is 5.80. The molecule has 3 heteroatoms. The monoisotopic (exact) mass is 447 g/mol. The van der Waals surface area contributed by atoms with Gasteiger partial charge in [0.2, 0.25) is 5.78 Å². The van der Waals surface area contributed by atoms with Crippen molar-refractivity contribution in [1.29, 1.82) is 0 Å². The van der Waals surface area contributed by atoms with Gasteiger partial charge in [0.1, 0.15) is 0 Å². The largest absolute Gasteiger partial charge is 0.278 e. The minimum atomic E-state index is 0.936. The number of hydrogen-bond donors (Lipinski definition) is 0. The summed E-state index contributed by atoms with van der Waals surface area (Å²) in [4.78, 5) is 5.15. The Morgan fingerprint density at radius 3 is 2.23 bits per heavy atom. The maximum absolute atomic E-state index is 5.15. The zero-order chi connectivity index (χ0) is 22.9. The summed E-state index contributed by atoms with van der Waals surface area (Å²) in [6.45, 7) is 0. The van der Waals surface area contributed by atoms with E-state index in [0.29, 0.717) is 0 Å². The van der Waals surface area contributed by atoms with Crippen LogP contribution in [0.3, 0.4) is 0 Å². The molecule has 0 amide bonds. The first kappa shape index (κ1) is 18.8. The number of benzene rings is 5. The van der Waals surface area contributed by atoms with Gasteiger partial charge in [-0.3, -0.25) is 8.97 Å². The minimum absolute atomic E-state index is 0.936. The summed E-state index contributed by atoms with van der Waals surface area (Å²) in [6.07, 6.45) is 1.01. The molecule has 0 atom stereocenters. The Labute approximate surface area is 202 Å². The molecule has 0 N–H and O–H groups in total. The van der Waals surface area contributed by atoms with Gasteiger partial charge in [-0.05, 0) is 70.6 Å². The van der Waals surface area contributed by atoms with Crippen LogP contribution in [0.1, 0.15) is 11.1 Å². The lowest BCUT2D eigenvalue weighted by molar-refractivity contribution is 1.11. The van der Waals surface area contributed by atoms with E-state index in [9.17, 15) is 0 Å². The van der Waals surface area contributed by atoms with E-state index >= 15 is 0 Å². The van der Waals surface area contributed by atoms with E-state index in [1.165, 1.54) is 33.4 Å². The number of fused-ring (bicyclic) bond motifs is 8. The molecule has 0 bridgehead atoms. The van der Waals surface area contributed by atoms with Gasteiger partial charge in [-0.1, -0.05) is 78.9 Å². The van der Waals surface area contributed by atoms with Crippen molar-refractivity contribution < 1.29 is 0 Å². The van der Waals surface area contributed by atoms with Crippen LogP contribution in [0.4, 0.5) is 0 Å². The molecule has 1 aliphatic rings. The molecule has 2 aromatic heterocycles. The third-order valence-electron chi connectivity index (χ3n) is 7.35. The van der Waals surface area contributed by atoms with Gasteiger partial charge in [0, 0.05) is 11.3 Å². The van der Waals surface area contributed by atoms with Gasteiger partial charge in [0.05, 0.1) is 22.1 Å². The highest BCUT2D eigenvalue weighted by Crippen LogP contribution is 2.41. The first-order valence-corrected chi connectivity index (χ1v) is 12.0. The third kappa shape index (κ3) is 2.58. The highest BCUT2D eigenvalue weighted by Gasteiger charge is 2.22. The Kier molecular flexibility index (Phi) is 3.72. The molecular weight excluding hydrogens is 426 g/mol. The van der Waals surface area contributed by atoms with Gasteiger partial charge in [-0.15, -0.1) is 0 Å². The topological polar surface area (TPSA) is 22.2 Å². The fraction of sp³-hybridized carbons (Fsp3) is 0.0312. The Balaban J connectivity index is 1.45. The van der Waals surface area contributed by atoms with Crippen molar-refractivity contribution in [3.63, 3.8) is 0 Å². The summed E-state index contributed by atoms with van der Waals surface area (Å²) < 4.78 is 4.59. The lowest BCUT2D eigenvalue weighted by Gasteiger charge is -2.08. The standard InChI is InChI=1S/C32H21N3/c1-2-10-24(11-3-1)34-29-15-6-7-16-30(29)35-31-26(13-8-14-28(31)33-32(34)35)23-18-17-22-19-21-9-4-5-12-25(21)27(22)20-23/h1-18,20H,19H2. The van der Waals surface area contributed by atoms with Crippen LogP contribution >= 0.6 is 0 Å². The number of aromatic nitrogens is 3. The number of para-hydroxylation sites is 4. The summed E-state index contributed by atoms with van der Waals surface area (Å²) in [7, 11) is 0. The second-order valence-electron chi connectivity index (χ2n) is 9.29. The Hall–Kier alpha value is -4.63. The highest BCUT2D eigenvalue weighted by molar-refractivity contribution is 6.00. The first-order chi connectivity index (χ1) is 17.4. The van der Waals surface area contributed by atoms with Gasteiger partial charge < -0.3 is 0 Å². The summed E-state index contributed by atoms with van der Waals surface area (Å²) >= 11 is 0. The van der Waals surface area contributed by atoms with Gasteiger partial charge in [0.15, 0.2) is 0 Å². The normalized spacial score (nSPS) is 12.5. The van der Waals surface area contributed by atoms with Gasteiger partial charge >= 0.3 is 0 Å². The Morgan fingerprint density at radius 2 is 1.31 bits per heavy atom. The maximum Gasteiger partial charge on any atom is 0.220 e. The summed E-state index contributed by atoms with van der Waals surface area (Å²) in [5.74, 6) is 0.936. The SMILES string of the molecule is c1ccc(-n2c3ccccc3n3c4c(-c5ccc6c(c5)-c5ccccc5C6)cccc4nc23)cc1. The molecule has 5 aromatic carbocycles. The van der Waals surface area contributed by atoms with Crippen molar-refractivity contribution in [1.82, 2.24) is 14.0 Å². The van der Waals surface area contributed by atoms with E-state index in [2.05, 4.69) is 124 Å². The van der Waals surface area contributed by atoms with E-state index in [-0.39, 0.29) is 0 Å². The first-order valence-electron chi connectivity index (χ1n) is 12.0. The van der Waals surface area contributed by atoms with E-state index in [1.54, 1.807) is 0 Å². The van der Waals surface area contributed by atoms with E-state index < -0.39 is 0 Å². The zero-order valence-corrected chi connectivity index (χ0v) is 19.0. The fourth-order valence-corrected chi connectivity index (χ4v) is 5.80. The van der Waals surface area contributed by atoms with Crippen LogP contribution in [-0.4, -0.2) is 14.0 Å². The second-order valence-corrected chi connectivity index (χ2v) is 9.29. The summed E-state index contributed by atoms with van der Waals surface area (Å²) in [6, 6.07) is 41.3. The van der Waals surface area contributed by atoms with Gasteiger partial charge in [0.25, 0.3) is 0 Å². The highest BCUT2D eigenvalue weighted by atomic mass is 15.2. The quantitative estimate of drug-likeness (QED) is 0.266. The number of nitrogens with zero attached hydrogens (tertiary/aromatic N) is 3. The molecule has 0 saturated heterocycles. The lowest BCUT2D eigenvalue weighted by Crippen LogP contribution is -1.94. The molecule has 0 saturated carbocycles. The van der Waals surface area contributed by atoms with Crippen LogP contribution < -0.4 is 0 Å². The molecule has 8 rings (SSSR count). The second kappa shape index (κ2) is 6.94. The summed E-state index contributed by atoms with van der Waals surface area (Å²) in [5, 5.41) is 0. The van der Waals surface area contributed by atoms with Crippen molar-refractivity contribution in [3.05, 3.63) is 126 Å². The van der Waals surface area contributed by atoms with Crippen molar-refractivity contribution in [3.8, 4) is 27.9 Å². The molecule has 35 heavy (non-hydrogen) atoms. The molecule has 0 radical (unpaired) electrons. The van der Waals surface area contributed by atoms with Crippen LogP contribution in [0, 0.1) is 0 Å². The van der Waals surface area contributed by atoms with Crippen LogP contribution in [0.15, 0.2) is 115 Å². The Bertz CT molecular complexity index is 1920. The van der Waals surface area contributed by atoms with E-state index in [1.807, 2.05) is 0 Å². The number of hydrogen-bond acceptors (Lipinski definition) is 1. The summed E-state index contributed by atoms with van der Waals surface area (Å²) in [5.41, 5.74) is 13.5. The van der Waals surface area contributed by atoms with Crippen molar-refractivity contribution in [2.24, 2.45) is 0 Å². The Morgan fingerprint density at radius 1 is 0.571 bits per heavy atom. The predicted molar refractivity (Wildman–Crippen MR) is 143 cm³/mol. The van der Waals surface area contributed by atoms with Crippen molar-refractivity contribution in [2.45, 2.75) is 6.42 Å². The molecule has 3 nitrogen and oxygen atoms in total. The van der Waals surface area contributed by atoms with Crippen LogP contribution in [0.2, 0.25) is 0 Å². The van der Waals surface area contributed by atoms with Crippen molar-refractivity contribution in [2.75, 3.05) is 0 Å². The van der Waals surface area contributed by atoms with Gasteiger partial charge in [-0.25, -0.2) is 4.98 Å². The molecule has 0 unspecified atom stereocenters. The number of imidazole rings is 2. The molecule has 1 aliphatic carbocycles. The van der Waals surface area contributed by atoms with Crippen LogP contribution in [0.25, 0.3) is 55.8 Å². The molecule has 0 fully saturated rings. The maximum atomic E-state index is 5.15. The molecule has 164 valence electrons. The van der Waals surface area contributed by atoms with Crippen molar-refractivity contribution >= 4 is 27.8 Å². The molecule has 0 spiro atoms. The van der Waals surface area contributed by atoms with E-state index in [4.69, 9.17) is 4.98 Å². The average Bonchev–Trinajstić information content (AvgIpc) is 3.57.